The van der Waals surface area contributed by atoms with Crippen LogP contribution in [0.1, 0.15) is 0 Å². The number of ether oxygens (including phenoxy) is 1. The minimum absolute atomic E-state index is 0.00952. The fourth-order valence-corrected chi connectivity index (χ4v) is 1.40. The Labute approximate surface area is 86.9 Å². The van der Waals surface area contributed by atoms with Gasteiger partial charge in [-0.05, 0) is 24.3 Å². The summed E-state index contributed by atoms with van der Waals surface area (Å²) in [5, 5.41) is 9.27. The largest absolute Gasteiger partial charge is 0.476 e. The molecule has 0 aliphatic heterocycles. The van der Waals surface area contributed by atoms with Gasteiger partial charge < -0.3 is 10.5 Å². The SMILES string of the molecule is N#CCOc1ccc(N)c2cccnc12. The first-order valence-corrected chi connectivity index (χ1v) is 4.46. The predicted octanol–water partition coefficient (Wildman–Crippen LogP) is 1.72. The average Bonchev–Trinajstić information content (AvgIpc) is 2.29. The molecule has 0 radical (unpaired) electrons. The van der Waals surface area contributed by atoms with Crippen LogP contribution in [0.3, 0.4) is 0 Å². The maximum Gasteiger partial charge on any atom is 0.174 e. The molecule has 0 saturated heterocycles. The van der Waals surface area contributed by atoms with Gasteiger partial charge in [0.05, 0.1) is 0 Å². The van der Waals surface area contributed by atoms with E-state index in [-0.39, 0.29) is 6.61 Å². The third-order valence-corrected chi connectivity index (χ3v) is 2.06. The second-order valence-corrected chi connectivity index (χ2v) is 3.00. The highest BCUT2D eigenvalue weighted by Crippen LogP contribution is 2.27. The molecular weight excluding hydrogens is 190 g/mol. The second kappa shape index (κ2) is 3.84. The summed E-state index contributed by atoms with van der Waals surface area (Å²) < 4.78 is 5.24. The van der Waals surface area contributed by atoms with Crippen LogP contribution in [0.5, 0.6) is 5.75 Å². The number of aromatic nitrogens is 1. The van der Waals surface area contributed by atoms with Gasteiger partial charge in [-0.1, -0.05) is 0 Å². The number of hydrogen-bond acceptors (Lipinski definition) is 4. The van der Waals surface area contributed by atoms with Crippen LogP contribution >= 0.6 is 0 Å². The van der Waals surface area contributed by atoms with Gasteiger partial charge in [0.1, 0.15) is 17.3 Å². The summed E-state index contributed by atoms with van der Waals surface area (Å²) in [6.45, 7) is 0.00952. The summed E-state index contributed by atoms with van der Waals surface area (Å²) in [5.41, 5.74) is 7.14. The van der Waals surface area contributed by atoms with Crippen molar-refractivity contribution in [2.24, 2.45) is 0 Å². The standard InChI is InChI=1S/C11H9N3O/c12-5-7-15-10-4-3-9(13)8-2-1-6-14-11(8)10/h1-4,6H,7,13H2. The Morgan fingerprint density at radius 1 is 1.40 bits per heavy atom. The van der Waals surface area contributed by atoms with Crippen LogP contribution in [-0.2, 0) is 0 Å². The van der Waals surface area contributed by atoms with Gasteiger partial charge in [-0.15, -0.1) is 0 Å². The van der Waals surface area contributed by atoms with Gasteiger partial charge >= 0.3 is 0 Å². The monoisotopic (exact) mass is 199 g/mol. The molecule has 4 nitrogen and oxygen atoms in total. The highest BCUT2D eigenvalue weighted by atomic mass is 16.5. The molecular formula is C11H9N3O. The molecule has 0 fully saturated rings. The third-order valence-electron chi connectivity index (χ3n) is 2.06. The number of benzene rings is 1. The van der Waals surface area contributed by atoms with Crippen LogP contribution in [0.15, 0.2) is 30.5 Å². The smallest absolute Gasteiger partial charge is 0.174 e. The molecule has 0 spiro atoms. The second-order valence-electron chi connectivity index (χ2n) is 3.00. The van der Waals surface area contributed by atoms with E-state index in [4.69, 9.17) is 15.7 Å². The van der Waals surface area contributed by atoms with Crippen molar-refractivity contribution in [3.05, 3.63) is 30.5 Å². The molecule has 2 rings (SSSR count). The first kappa shape index (κ1) is 9.28. The number of pyridine rings is 1. The number of nitrogens with zero attached hydrogens (tertiary/aromatic N) is 2. The van der Waals surface area contributed by atoms with Crippen LogP contribution in [0.4, 0.5) is 5.69 Å². The summed E-state index contributed by atoms with van der Waals surface area (Å²) in [7, 11) is 0. The third kappa shape index (κ3) is 1.67. The zero-order valence-electron chi connectivity index (χ0n) is 7.97. The summed E-state index contributed by atoms with van der Waals surface area (Å²) in [6, 6.07) is 9.07. The van der Waals surface area contributed by atoms with Crippen molar-refractivity contribution in [3.8, 4) is 11.8 Å². The van der Waals surface area contributed by atoms with E-state index in [1.807, 2.05) is 18.2 Å². The highest BCUT2D eigenvalue weighted by Gasteiger charge is 2.05. The quantitative estimate of drug-likeness (QED) is 0.747. The zero-order valence-corrected chi connectivity index (χ0v) is 7.97. The van der Waals surface area contributed by atoms with E-state index < -0.39 is 0 Å². The Morgan fingerprint density at radius 3 is 3.07 bits per heavy atom. The molecule has 15 heavy (non-hydrogen) atoms. The zero-order chi connectivity index (χ0) is 10.7. The molecule has 1 heterocycles. The van der Waals surface area contributed by atoms with E-state index >= 15 is 0 Å². The lowest BCUT2D eigenvalue weighted by Gasteiger charge is -2.06. The fourth-order valence-electron chi connectivity index (χ4n) is 1.40. The Kier molecular flexibility index (Phi) is 2.38. The van der Waals surface area contributed by atoms with E-state index in [1.54, 1.807) is 18.3 Å². The van der Waals surface area contributed by atoms with Crippen molar-refractivity contribution < 1.29 is 4.74 Å². The van der Waals surface area contributed by atoms with Crippen molar-refractivity contribution in [3.63, 3.8) is 0 Å². The number of nitrogen functional groups attached to an aromatic ring is 1. The summed E-state index contributed by atoms with van der Waals surface area (Å²) in [6.07, 6.45) is 1.67. The molecule has 0 amide bonds. The van der Waals surface area contributed by atoms with E-state index in [0.29, 0.717) is 17.0 Å². The molecule has 2 aromatic rings. The molecule has 1 aromatic carbocycles. The van der Waals surface area contributed by atoms with Crippen LogP contribution in [0.2, 0.25) is 0 Å². The summed E-state index contributed by atoms with van der Waals surface area (Å²) in [5.74, 6) is 0.585. The van der Waals surface area contributed by atoms with Gasteiger partial charge in [-0.3, -0.25) is 4.98 Å². The molecule has 0 unspecified atom stereocenters. The van der Waals surface area contributed by atoms with E-state index in [9.17, 15) is 0 Å². The van der Waals surface area contributed by atoms with Crippen LogP contribution < -0.4 is 10.5 Å². The van der Waals surface area contributed by atoms with Crippen LogP contribution in [0, 0.1) is 11.3 Å². The summed E-state index contributed by atoms with van der Waals surface area (Å²) in [4.78, 5) is 4.18. The normalized spacial score (nSPS) is 9.80. The minimum Gasteiger partial charge on any atom is -0.476 e. The maximum atomic E-state index is 8.43. The van der Waals surface area contributed by atoms with Crippen molar-refractivity contribution in [2.45, 2.75) is 0 Å². The van der Waals surface area contributed by atoms with E-state index in [0.717, 1.165) is 5.39 Å². The van der Waals surface area contributed by atoms with Crippen molar-refractivity contribution in [2.75, 3.05) is 12.3 Å². The van der Waals surface area contributed by atoms with Gasteiger partial charge in [0.25, 0.3) is 0 Å². The Balaban J connectivity index is 2.57. The van der Waals surface area contributed by atoms with Crippen LogP contribution in [0.25, 0.3) is 10.9 Å². The molecule has 0 atom stereocenters. The maximum absolute atomic E-state index is 8.43. The van der Waals surface area contributed by atoms with Crippen molar-refractivity contribution in [1.82, 2.24) is 4.98 Å². The molecule has 2 N–H and O–H groups in total. The first-order valence-electron chi connectivity index (χ1n) is 4.46. The molecule has 4 heteroatoms. The lowest BCUT2D eigenvalue weighted by Crippen LogP contribution is -1.97. The molecule has 1 aromatic heterocycles. The van der Waals surface area contributed by atoms with Gasteiger partial charge in [0.15, 0.2) is 6.61 Å². The van der Waals surface area contributed by atoms with Gasteiger partial charge in [-0.25, -0.2) is 0 Å². The molecule has 0 aliphatic rings. The predicted molar refractivity (Wildman–Crippen MR) is 57.3 cm³/mol. The van der Waals surface area contributed by atoms with E-state index in [2.05, 4.69) is 4.98 Å². The highest BCUT2D eigenvalue weighted by molar-refractivity contribution is 5.94. The molecule has 74 valence electrons. The van der Waals surface area contributed by atoms with E-state index in [1.165, 1.54) is 0 Å². The summed E-state index contributed by atoms with van der Waals surface area (Å²) >= 11 is 0. The number of nitriles is 1. The lowest BCUT2D eigenvalue weighted by atomic mass is 10.2. The van der Waals surface area contributed by atoms with Crippen molar-refractivity contribution in [1.29, 1.82) is 5.26 Å². The van der Waals surface area contributed by atoms with Gasteiger partial charge in [0.2, 0.25) is 0 Å². The number of rotatable bonds is 2. The van der Waals surface area contributed by atoms with Gasteiger partial charge in [0, 0.05) is 17.3 Å². The number of nitrogens with two attached hydrogens (primary N) is 1. The Bertz CT molecular complexity index is 531. The number of hydrogen-bond donors (Lipinski definition) is 1. The van der Waals surface area contributed by atoms with Gasteiger partial charge in [-0.2, -0.15) is 5.26 Å². The lowest BCUT2D eigenvalue weighted by molar-refractivity contribution is 0.372. The topological polar surface area (TPSA) is 71.9 Å². The average molecular weight is 199 g/mol. The molecule has 0 aliphatic carbocycles. The number of fused-ring (bicyclic) bond motifs is 1. The number of anilines is 1. The van der Waals surface area contributed by atoms with Crippen LogP contribution in [-0.4, -0.2) is 11.6 Å². The molecule has 0 bridgehead atoms. The first-order chi connectivity index (χ1) is 7.33. The molecule has 0 saturated carbocycles. The fraction of sp³-hybridized carbons (Fsp3) is 0.0909. The Morgan fingerprint density at radius 2 is 2.27 bits per heavy atom. The minimum atomic E-state index is 0.00952. The Hall–Kier alpha value is -2.28. The van der Waals surface area contributed by atoms with Crippen molar-refractivity contribution >= 4 is 16.6 Å².